The Morgan fingerprint density at radius 2 is 2.23 bits per heavy atom. The number of halogens is 2. The molecule has 0 spiro atoms. The van der Waals surface area contributed by atoms with Crippen molar-refractivity contribution in [1.29, 1.82) is 0 Å². The zero-order valence-electron chi connectivity index (χ0n) is 11.8. The third-order valence-corrected chi connectivity index (χ3v) is 4.26. The van der Waals surface area contributed by atoms with E-state index in [1.54, 1.807) is 24.4 Å². The summed E-state index contributed by atoms with van der Waals surface area (Å²) in [5.41, 5.74) is 1.64. The van der Waals surface area contributed by atoms with Crippen LogP contribution >= 0.6 is 23.2 Å². The summed E-state index contributed by atoms with van der Waals surface area (Å²) in [5.74, 6) is 0.0741. The lowest BCUT2D eigenvalue weighted by atomic mass is 9.99. The third-order valence-electron chi connectivity index (χ3n) is 3.70. The van der Waals surface area contributed by atoms with E-state index in [1.165, 1.54) is 0 Å². The number of hydrogen-bond donors (Lipinski definition) is 1. The van der Waals surface area contributed by atoms with E-state index in [-0.39, 0.29) is 17.9 Å². The van der Waals surface area contributed by atoms with Gasteiger partial charge in [-0.3, -0.25) is 4.79 Å². The SMILES string of the molecule is CC(C(=O)NC1COc2ncccc21)c1ccc(Cl)cc1Cl. The van der Waals surface area contributed by atoms with Crippen molar-refractivity contribution >= 4 is 29.1 Å². The van der Waals surface area contributed by atoms with Crippen LogP contribution in [-0.2, 0) is 4.79 Å². The van der Waals surface area contributed by atoms with Gasteiger partial charge in [-0.2, -0.15) is 0 Å². The first-order chi connectivity index (χ1) is 10.6. The molecule has 2 heterocycles. The Hall–Kier alpha value is -1.78. The van der Waals surface area contributed by atoms with Gasteiger partial charge < -0.3 is 10.1 Å². The second-order valence-electron chi connectivity index (χ2n) is 5.16. The van der Waals surface area contributed by atoms with E-state index in [1.807, 2.05) is 19.1 Å². The largest absolute Gasteiger partial charge is 0.475 e. The molecule has 2 atom stereocenters. The van der Waals surface area contributed by atoms with Crippen molar-refractivity contribution in [2.75, 3.05) is 6.61 Å². The van der Waals surface area contributed by atoms with Crippen molar-refractivity contribution in [3.8, 4) is 5.88 Å². The maximum Gasteiger partial charge on any atom is 0.227 e. The average molecular weight is 337 g/mol. The van der Waals surface area contributed by atoms with Crippen LogP contribution in [0, 0.1) is 0 Å². The van der Waals surface area contributed by atoms with Crippen LogP contribution in [0.2, 0.25) is 10.0 Å². The smallest absolute Gasteiger partial charge is 0.227 e. The summed E-state index contributed by atoms with van der Waals surface area (Å²) >= 11 is 12.1. The molecule has 0 saturated heterocycles. The van der Waals surface area contributed by atoms with E-state index in [4.69, 9.17) is 27.9 Å². The summed E-state index contributed by atoms with van der Waals surface area (Å²) in [5, 5.41) is 4.01. The molecule has 0 radical (unpaired) electrons. The maximum absolute atomic E-state index is 12.5. The van der Waals surface area contributed by atoms with Crippen LogP contribution < -0.4 is 10.1 Å². The molecule has 22 heavy (non-hydrogen) atoms. The van der Waals surface area contributed by atoms with Gasteiger partial charge in [0.05, 0.1) is 12.0 Å². The van der Waals surface area contributed by atoms with Crippen molar-refractivity contribution < 1.29 is 9.53 Å². The van der Waals surface area contributed by atoms with Crippen LogP contribution in [0.25, 0.3) is 0 Å². The predicted molar refractivity (Wildman–Crippen MR) is 85.5 cm³/mol. The van der Waals surface area contributed by atoms with Crippen molar-refractivity contribution in [1.82, 2.24) is 10.3 Å². The summed E-state index contributed by atoms with van der Waals surface area (Å²) in [7, 11) is 0. The monoisotopic (exact) mass is 336 g/mol. The quantitative estimate of drug-likeness (QED) is 0.928. The number of carbonyl (C=O) groups excluding carboxylic acids is 1. The number of fused-ring (bicyclic) bond motifs is 1. The lowest BCUT2D eigenvalue weighted by molar-refractivity contribution is -0.123. The van der Waals surface area contributed by atoms with Crippen molar-refractivity contribution in [3.05, 3.63) is 57.7 Å². The molecular weight excluding hydrogens is 323 g/mol. The first-order valence-corrected chi connectivity index (χ1v) is 7.65. The minimum atomic E-state index is -0.384. The fourth-order valence-corrected chi connectivity index (χ4v) is 3.02. The Balaban J connectivity index is 1.75. The molecule has 1 N–H and O–H groups in total. The van der Waals surface area contributed by atoms with E-state index in [2.05, 4.69) is 10.3 Å². The highest BCUT2D eigenvalue weighted by atomic mass is 35.5. The van der Waals surface area contributed by atoms with Gasteiger partial charge in [-0.05, 0) is 36.8 Å². The van der Waals surface area contributed by atoms with Crippen LogP contribution in [0.1, 0.15) is 30.0 Å². The lowest BCUT2D eigenvalue weighted by Crippen LogP contribution is -2.32. The van der Waals surface area contributed by atoms with Crippen molar-refractivity contribution in [3.63, 3.8) is 0 Å². The normalized spacial score (nSPS) is 17.5. The summed E-state index contributed by atoms with van der Waals surface area (Å²) < 4.78 is 5.47. The van der Waals surface area contributed by atoms with Crippen LogP contribution in [0.15, 0.2) is 36.5 Å². The standard InChI is InChI=1S/C16H14Cl2N2O2/c1-9(11-5-4-10(17)7-13(11)18)15(21)20-14-8-22-16-12(14)3-2-6-19-16/h2-7,9,14H,8H2,1H3,(H,20,21). The van der Waals surface area contributed by atoms with E-state index < -0.39 is 0 Å². The highest BCUT2D eigenvalue weighted by molar-refractivity contribution is 6.35. The van der Waals surface area contributed by atoms with Gasteiger partial charge in [-0.15, -0.1) is 0 Å². The van der Waals surface area contributed by atoms with E-state index in [0.29, 0.717) is 22.5 Å². The number of pyridine rings is 1. The molecule has 1 aromatic carbocycles. The molecule has 114 valence electrons. The molecule has 4 nitrogen and oxygen atoms in total. The summed E-state index contributed by atoms with van der Waals surface area (Å²) in [6.07, 6.45) is 1.67. The number of nitrogens with zero attached hydrogens (tertiary/aromatic N) is 1. The second-order valence-corrected chi connectivity index (χ2v) is 6.00. The molecule has 1 aliphatic rings. The Morgan fingerprint density at radius 3 is 3.00 bits per heavy atom. The van der Waals surface area contributed by atoms with Crippen molar-refractivity contribution in [2.45, 2.75) is 18.9 Å². The van der Waals surface area contributed by atoms with E-state index in [9.17, 15) is 4.79 Å². The summed E-state index contributed by atoms with van der Waals surface area (Å²) in [6.45, 7) is 2.20. The Kier molecular flexibility index (Phi) is 4.23. The third kappa shape index (κ3) is 2.89. The first kappa shape index (κ1) is 15.1. The van der Waals surface area contributed by atoms with Gasteiger partial charge in [0.2, 0.25) is 11.8 Å². The average Bonchev–Trinajstić information content (AvgIpc) is 2.90. The summed E-state index contributed by atoms with van der Waals surface area (Å²) in [6, 6.07) is 8.68. The van der Waals surface area contributed by atoms with Crippen LogP contribution in [-0.4, -0.2) is 17.5 Å². The molecule has 0 fully saturated rings. The van der Waals surface area contributed by atoms with E-state index in [0.717, 1.165) is 11.1 Å². The number of amides is 1. The number of nitrogens with one attached hydrogen (secondary N) is 1. The molecule has 3 rings (SSSR count). The Bertz CT molecular complexity index is 721. The highest BCUT2D eigenvalue weighted by Crippen LogP contribution is 2.31. The van der Waals surface area contributed by atoms with Crippen molar-refractivity contribution in [2.24, 2.45) is 0 Å². The minimum absolute atomic E-state index is 0.116. The molecular formula is C16H14Cl2N2O2. The molecule has 1 aliphatic heterocycles. The number of aromatic nitrogens is 1. The molecule has 0 saturated carbocycles. The predicted octanol–water partition coefficient (Wildman–Crippen LogP) is 3.74. The number of hydrogen-bond acceptors (Lipinski definition) is 3. The van der Waals surface area contributed by atoms with Crippen LogP contribution in [0.4, 0.5) is 0 Å². The zero-order chi connectivity index (χ0) is 15.7. The van der Waals surface area contributed by atoms with Gasteiger partial charge in [-0.1, -0.05) is 29.3 Å². The number of benzene rings is 1. The highest BCUT2D eigenvalue weighted by Gasteiger charge is 2.28. The molecule has 0 bridgehead atoms. The topological polar surface area (TPSA) is 51.2 Å². The first-order valence-electron chi connectivity index (χ1n) is 6.89. The van der Waals surface area contributed by atoms with E-state index >= 15 is 0 Å². The molecule has 0 aliphatic carbocycles. The van der Waals surface area contributed by atoms with Gasteiger partial charge in [0.25, 0.3) is 0 Å². The number of ether oxygens (including phenoxy) is 1. The molecule has 2 aromatic rings. The number of rotatable bonds is 3. The molecule has 2 unspecified atom stereocenters. The fraction of sp³-hybridized carbons (Fsp3) is 0.250. The lowest BCUT2D eigenvalue weighted by Gasteiger charge is -2.17. The fourth-order valence-electron chi connectivity index (χ4n) is 2.45. The second kappa shape index (κ2) is 6.15. The minimum Gasteiger partial charge on any atom is -0.475 e. The maximum atomic E-state index is 12.5. The van der Waals surface area contributed by atoms with Crippen LogP contribution in [0.5, 0.6) is 5.88 Å². The molecule has 1 aromatic heterocycles. The Morgan fingerprint density at radius 1 is 1.41 bits per heavy atom. The van der Waals surface area contributed by atoms with Gasteiger partial charge in [-0.25, -0.2) is 4.98 Å². The van der Waals surface area contributed by atoms with Gasteiger partial charge in [0, 0.05) is 21.8 Å². The molecule has 1 amide bonds. The van der Waals surface area contributed by atoms with Crippen LogP contribution in [0.3, 0.4) is 0 Å². The van der Waals surface area contributed by atoms with Gasteiger partial charge in [0.15, 0.2) is 0 Å². The Labute approximate surface area is 138 Å². The molecule has 6 heteroatoms. The van der Waals surface area contributed by atoms with Gasteiger partial charge >= 0.3 is 0 Å². The van der Waals surface area contributed by atoms with Gasteiger partial charge in [0.1, 0.15) is 6.61 Å². The summed E-state index contributed by atoms with van der Waals surface area (Å²) in [4.78, 5) is 16.6. The zero-order valence-corrected chi connectivity index (χ0v) is 13.4. The number of carbonyl (C=O) groups is 1.